The summed E-state index contributed by atoms with van der Waals surface area (Å²) in [6.07, 6.45) is 2.60. The summed E-state index contributed by atoms with van der Waals surface area (Å²) in [5, 5.41) is 11.2. The summed E-state index contributed by atoms with van der Waals surface area (Å²) in [6, 6.07) is 20.2. The van der Waals surface area contributed by atoms with Gasteiger partial charge in [0, 0.05) is 24.6 Å². The van der Waals surface area contributed by atoms with Gasteiger partial charge >= 0.3 is 5.97 Å². The topological polar surface area (TPSA) is 66.4 Å². The number of nitrogens with one attached hydrogen (secondary N) is 1. The second-order valence-corrected chi connectivity index (χ2v) is 5.13. The van der Waals surface area contributed by atoms with Gasteiger partial charge in [0.15, 0.2) is 0 Å². The molecule has 0 bridgehead atoms. The zero-order chi connectivity index (χ0) is 16.5. The standard InChI is InChI=1S/C19H19NO3/c21-18(11-12-19(22)23)20-14-13-17(15-7-3-1-4-8-15)16-9-5-2-6-10-16/h1-12,17H,13-14H2,(H,20,21)(H,22,23)/b12-11+. The lowest BCUT2D eigenvalue weighted by Gasteiger charge is -2.18. The van der Waals surface area contributed by atoms with Crippen molar-refractivity contribution in [1.29, 1.82) is 0 Å². The van der Waals surface area contributed by atoms with E-state index in [9.17, 15) is 9.59 Å². The van der Waals surface area contributed by atoms with Gasteiger partial charge in [-0.25, -0.2) is 4.79 Å². The average molecular weight is 309 g/mol. The number of hydrogen-bond donors (Lipinski definition) is 2. The molecule has 0 heterocycles. The molecule has 2 rings (SSSR count). The van der Waals surface area contributed by atoms with Crippen LogP contribution in [0.1, 0.15) is 23.5 Å². The third-order valence-corrected chi connectivity index (χ3v) is 3.51. The minimum absolute atomic E-state index is 0.182. The minimum Gasteiger partial charge on any atom is -0.478 e. The predicted octanol–water partition coefficient (Wildman–Crippen LogP) is 2.97. The SMILES string of the molecule is O=C(O)/C=C/C(=O)NCCC(c1ccccc1)c1ccccc1. The van der Waals surface area contributed by atoms with Crippen LogP contribution in [0.15, 0.2) is 72.8 Å². The first kappa shape index (κ1) is 16.5. The third kappa shape index (κ3) is 5.43. The Bertz CT molecular complexity index is 626. The van der Waals surface area contributed by atoms with E-state index in [0.29, 0.717) is 6.54 Å². The first-order chi connectivity index (χ1) is 11.2. The molecular weight excluding hydrogens is 290 g/mol. The molecule has 0 saturated heterocycles. The highest BCUT2D eigenvalue weighted by molar-refractivity contribution is 5.93. The van der Waals surface area contributed by atoms with Crippen molar-refractivity contribution in [2.75, 3.05) is 6.54 Å². The smallest absolute Gasteiger partial charge is 0.328 e. The highest BCUT2D eigenvalue weighted by Crippen LogP contribution is 2.27. The van der Waals surface area contributed by atoms with Gasteiger partial charge in [0.1, 0.15) is 0 Å². The lowest BCUT2D eigenvalue weighted by atomic mass is 9.88. The van der Waals surface area contributed by atoms with Crippen molar-refractivity contribution in [2.45, 2.75) is 12.3 Å². The van der Waals surface area contributed by atoms with Crippen LogP contribution in [0.2, 0.25) is 0 Å². The van der Waals surface area contributed by atoms with Gasteiger partial charge in [-0.2, -0.15) is 0 Å². The fraction of sp³-hybridized carbons (Fsp3) is 0.158. The molecule has 0 radical (unpaired) electrons. The van der Waals surface area contributed by atoms with E-state index in [0.717, 1.165) is 18.6 Å². The minimum atomic E-state index is -1.13. The van der Waals surface area contributed by atoms with Crippen LogP contribution in [0.4, 0.5) is 0 Å². The van der Waals surface area contributed by atoms with Crippen molar-refractivity contribution in [1.82, 2.24) is 5.32 Å². The molecule has 4 nitrogen and oxygen atoms in total. The van der Waals surface area contributed by atoms with E-state index < -0.39 is 11.9 Å². The number of amides is 1. The summed E-state index contributed by atoms with van der Waals surface area (Å²) < 4.78 is 0. The van der Waals surface area contributed by atoms with Gasteiger partial charge in [-0.3, -0.25) is 4.79 Å². The molecule has 0 fully saturated rings. The molecule has 0 aromatic heterocycles. The van der Waals surface area contributed by atoms with Gasteiger partial charge < -0.3 is 10.4 Å². The summed E-state index contributed by atoms with van der Waals surface area (Å²) in [4.78, 5) is 21.9. The predicted molar refractivity (Wildman–Crippen MR) is 89.1 cm³/mol. The average Bonchev–Trinajstić information content (AvgIpc) is 2.58. The fourth-order valence-electron chi connectivity index (χ4n) is 2.44. The molecule has 0 aliphatic carbocycles. The van der Waals surface area contributed by atoms with Crippen molar-refractivity contribution >= 4 is 11.9 Å². The number of benzene rings is 2. The lowest BCUT2D eigenvalue weighted by molar-refractivity contribution is -0.131. The summed E-state index contributed by atoms with van der Waals surface area (Å²) >= 11 is 0. The van der Waals surface area contributed by atoms with E-state index in [1.165, 1.54) is 11.1 Å². The van der Waals surface area contributed by atoms with Crippen molar-refractivity contribution in [3.05, 3.63) is 83.9 Å². The molecule has 0 atom stereocenters. The maximum atomic E-state index is 11.5. The summed E-state index contributed by atoms with van der Waals surface area (Å²) in [5.41, 5.74) is 2.38. The number of carbonyl (C=O) groups is 2. The Morgan fingerprint density at radius 2 is 1.43 bits per heavy atom. The molecule has 0 saturated carbocycles. The van der Waals surface area contributed by atoms with E-state index in [1.807, 2.05) is 36.4 Å². The van der Waals surface area contributed by atoms with Crippen LogP contribution < -0.4 is 5.32 Å². The number of aliphatic carboxylic acids is 1. The maximum Gasteiger partial charge on any atom is 0.328 e. The van der Waals surface area contributed by atoms with Crippen molar-refractivity contribution in [2.24, 2.45) is 0 Å². The van der Waals surface area contributed by atoms with Gasteiger partial charge in [-0.1, -0.05) is 60.7 Å². The Morgan fingerprint density at radius 1 is 0.913 bits per heavy atom. The highest BCUT2D eigenvalue weighted by Gasteiger charge is 2.13. The molecule has 2 aromatic carbocycles. The highest BCUT2D eigenvalue weighted by atomic mass is 16.4. The van der Waals surface area contributed by atoms with Crippen molar-refractivity contribution in [3.63, 3.8) is 0 Å². The molecule has 0 aliphatic rings. The molecule has 4 heteroatoms. The van der Waals surface area contributed by atoms with Crippen molar-refractivity contribution < 1.29 is 14.7 Å². The molecule has 0 aliphatic heterocycles. The van der Waals surface area contributed by atoms with E-state index in [2.05, 4.69) is 29.6 Å². The summed E-state index contributed by atoms with van der Waals surface area (Å²) in [6.45, 7) is 0.469. The number of carboxylic acid groups (broad SMARTS) is 1. The fourth-order valence-corrected chi connectivity index (χ4v) is 2.44. The number of rotatable bonds is 7. The van der Waals surface area contributed by atoms with Crippen LogP contribution in [0.3, 0.4) is 0 Å². The number of carbonyl (C=O) groups excluding carboxylic acids is 1. The molecule has 0 unspecified atom stereocenters. The molecule has 1 amide bonds. The van der Waals surface area contributed by atoms with Crippen LogP contribution in [0, 0.1) is 0 Å². The molecular formula is C19H19NO3. The van der Waals surface area contributed by atoms with Crippen molar-refractivity contribution in [3.8, 4) is 0 Å². The second-order valence-electron chi connectivity index (χ2n) is 5.13. The zero-order valence-corrected chi connectivity index (χ0v) is 12.7. The van der Waals surface area contributed by atoms with E-state index in [1.54, 1.807) is 0 Å². The van der Waals surface area contributed by atoms with Crippen LogP contribution in [-0.2, 0) is 9.59 Å². The van der Waals surface area contributed by atoms with E-state index in [4.69, 9.17) is 5.11 Å². The summed E-state index contributed by atoms with van der Waals surface area (Å²) in [7, 11) is 0. The first-order valence-corrected chi connectivity index (χ1v) is 7.45. The Hall–Kier alpha value is -2.88. The molecule has 0 spiro atoms. The zero-order valence-electron chi connectivity index (χ0n) is 12.7. The van der Waals surface area contributed by atoms with E-state index >= 15 is 0 Å². The Morgan fingerprint density at radius 3 is 1.91 bits per heavy atom. The quantitative estimate of drug-likeness (QED) is 0.773. The van der Waals surface area contributed by atoms with E-state index in [-0.39, 0.29) is 5.92 Å². The second kappa shape index (κ2) is 8.54. The Kier molecular flexibility index (Phi) is 6.12. The van der Waals surface area contributed by atoms with Crippen LogP contribution in [0.25, 0.3) is 0 Å². The lowest BCUT2D eigenvalue weighted by Crippen LogP contribution is -2.24. The number of hydrogen-bond acceptors (Lipinski definition) is 2. The Labute approximate surface area is 135 Å². The van der Waals surface area contributed by atoms with Gasteiger partial charge in [0.05, 0.1) is 0 Å². The van der Waals surface area contributed by atoms with Gasteiger partial charge in [0.25, 0.3) is 0 Å². The number of carboxylic acids is 1. The van der Waals surface area contributed by atoms with Gasteiger partial charge in [-0.05, 0) is 17.5 Å². The summed E-state index contributed by atoms with van der Waals surface area (Å²) in [5.74, 6) is -1.35. The molecule has 2 aromatic rings. The Balaban J connectivity index is 2.02. The van der Waals surface area contributed by atoms with Gasteiger partial charge in [-0.15, -0.1) is 0 Å². The van der Waals surface area contributed by atoms with Crippen LogP contribution in [-0.4, -0.2) is 23.5 Å². The van der Waals surface area contributed by atoms with Gasteiger partial charge in [0.2, 0.25) is 5.91 Å². The molecule has 2 N–H and O–H groups in total. The molecule has 23 heavy (non-hydrogen) atoms. The van der Waals surface area contributed by atoms with Crippen LogP contribution in [0.5, 0.6) is 0 Å². The maximum absolute atomic E-state index is 11.5. The van der Waals surface area contributed by atoms with Crippen LogP contribution >= 0.6 is 0 Å². The monoisotopic (exact) mass is 309 g/mol. The third-order valence-electron chi connectivity index (χ3n) is 3.51. The first-order valence-electron chi connectivity index (χ1n) is 7.45. The normalized spacial score (nSPS) is 10.8. The largest absolute Gasteiger partial charge is 0.478 e. The molecule has 118 valence electrons.